The topological polar surface area (TPSA) is 43.4 Å². The van der Waals surface area contributed by atoms with Crippen LogP contribution in [0.4, 0.5) is 5.69 Å². The van der Waals surface area contributed by atoms with Crippen LogP contribution in [0, 0.1) is 0 Å². The highest BCUT2D eigenvalue weighted by Crippen LogP contribution is 2.33. The summed E-state index contributed by atoms with van der Waals surface area (Å²) in [6, 6.07) is 12.3. The standard InChI is InChI=1S/C16H18N2O2/c1-2-19-16-8-7-12(11-17-16)18-14-9-10-20-15-6-4-3-5-13(14)15/h3-8,11,14,18H,2,9-10H2,1H3. The zero-order valence-electron chi connectivity index (χ0n) is 11.5. The van der Waals surface area contributed by atoms with Gasteiger partial charge in [-0.15, -0.1) is 0 Å². The Balaban J connectivity index is 1.75. The molecule has 20 heavy (non-hydrogen) atoms. The first-order valence-corrected chi connectivity index (χ1v) is 6.94. The average molecular weight is 270 g/mol. The lowest BCUT2D eigenvalue weighted by Crippen LogP contribution is -2.20. The Bertz CT molecular complexity index is 569. The molecule has 2 aromatic rings. The van der Waals surface area contributed by atoms with Gasteiger partial charge in [0.05, 0.1) is 31.1 Å². The van der Waals surface area contributed by atoms with Crippen LogP contribution in [0.25, 0.3) is 0 Å². The van der Waals surface area contributed by atoms with Gasteiger partial charge in [0.25, 0.3) is 0 Å². The molecule has 1 aromatic heterocycles. The molecule has 0 aliphatic carbocycles. The van der Waals surface area contributed by atoms with Crippen LogP contribution in [0.1, 0.15) is 24.9 Å². The SMILES string of the molecule is CCOc1ccc(NC2CCOc3ccccc32)cn1. The second-order valence-corrected chi connectivity index (χ2v) is 4.69. The largest absolute Gasteiger partial charge is 0.493 e. The number of pyridine rings is 1. The minimum atomic E-state index is 0.264. The zero-order chi connectivity index (χ0) is 13.8. The molecule has 1 atom stereocenters. The van der Waals surface area contributed by atoms with Crippen LogP contribution in [0.2, 0.25) is 0 Å². The predicted molar refractivity (Wildman–Crippen MR) is 78.3 cm³/mol. The molecule has 1 unspecified atom stereocenters. The molecule has 0 amide bonds. The lowest BCUT2D eigenvalue weighted by Gasteiger charge is -2.27. The second-order valence-electron chi connectivity index (χ2n) is 4.69. The summed E-state index contributed by atoms with van der Waals surface area (Å²) in [5, 5.41) is 3.51. The maximum Gasteiger partial charge on any atom is 0.213 e. The van der Waals surface area contributed by atoms with Gasteiger partial charge < -0.3 is 14.8 Å². The fourth-order valence-corrected chi connectivity index (χ4v) is 2.39. The van der Waals surface area contributed by atoms with Crippen molar-refractivity contribution in [3.63, 3.8) is 0 Å². The molecule has 0 bridgehead atoms. The van der Waals surface area contributed by atoms with Gasteiger partial charge in [0.1, 0.15) is 5.75 Å². The van der Waals surface area contributed by atoms with Crippen LogP contribution in [0.5, 0.6) is 11.6 Å². The number of aromatic nitrogens is 1. The second kappa shape index (κ2) is 5.82. The molecule has 104 valence electrons. The van der Waals surface area contributed by atoms with E-state index in [9.17, 15) is 0 Å². The van der Waals surface area contributed by atoms with Crippen molar-refractivity contribution in [2.45, 2.75) is 19.4 Å². The van der Waals surface area contributed by atoms with Crippen LogP contribution >= 0.6 is 0 Å². The number of benzene rings is 1. The summed E-state index contributed by atoms with van der Waals surface area (Å²) in [4.78, 5) is 4.27. The normalized spacial score (nSPS) is 16.9. The van der Waals surface area contributed by atoms with Gasteiger partial charge in [-0.25, -0.2) is 4.98 Å². The molecule has 1 aliphatic rings. The lowest BCUT2D eigenvalue weighted by molar-refractivity contribution is 0.274. The number of fused-ring (bicyclic) bond motifs is 1. The highest BCUT2D eigenvalue weighted by Gasteiger charge is 2.20. The average Bonchev–Trinajstić information content (AvgIpc) is 2.50. The van der Waals surface area contributed by atoms with Gasteiger partial charge in [-0.1, -0.05) is 18.2 Å². The van der Waals surface area contributed by atoms with E-state index in [1.807, 2.05) is 43.5 Å². The van der Waals surface area contributed by atoms with Crippen molar-refractivity contribution in [2.75, 3.05) is 18.5 Å². The molecule has 0 radical (unpaired) electrons. The minimum absolute atomic E-state index is 0.264. The molecule has 3 rings (SSSR count). The smallest absolute Gasteiger partial charge is 0.213 e. The molecular formula is C16H18N2O2. The molecule has 4 heteroatoms. The van der Waals surface area contributed by atoms with Gasteiger partial charge in [0.15, 0.2) is 0 Å². The minimum Gasteiger partial charge on any atom is -0.493 e. The Kier molecular flexibility index (Phi) is 3.72. The molecule has 0 saturated heterocycles. The van der Waals surface area contributed by atoms with Gasteiger partial charge >= 0.3 is 0 Å². The number of anilines is 1. The van der Waals surface area contributed by atoms with Crippen LogP contribution < -0.4 is 14.8 Å². The van der Waals surface area contributed by atoms with Gasteiger partial charge in [0.2, 0.25) is 5.88 Å². The summed E-state index contributed by atoms with van der Waals surface area (Å²) in [6.07, 6.45) is 2.76. The van der Waals surface area contributed by atoms with E-state index in [0.717, 1.165) is 24.5 Å². The fourth-order valence-electron chi connectivity index (χ4n) is 2.39. The van der Waals surface area contributed by atoms with Crippen molar-refractivity contribution < 1.29 is 9.47 Å². The number of ether oxygens (including phenoxy) is 2. The molecule has 1 aromatic carbocycles. The van der Waals surface area contributed by atoms with Crippen molar-refractivity contribution in [1.82, 2.24) is 4.98 Å². The van der Waals surface area contributed by atoms with Crippen molar-refractivity contribution in [1.29, 1.82) is 0 Å². The maximum absolute atomic E-state index is 5.67. The number of rotatable bonds is 4. The first-order chi connectivity index (χ1) is 9.86. The van der Waals surface area contributed by atoms with Gasteiger partial charge in [-0.3, -0.25) is 0 Å². The van der Waals surface area contributed by atoms with Crippen LogP contribution in [0.3, 0.4) is 0 Å². The van der Waals surface area contributed by atoms with E-state index >= 15 is 0 Å². The van der Waals surface area contributed by atoms with Gasteiger partial charge in [-0.05, 0) is 19.1 Å². The van der Waals surface area contributed by atoms with E-state index in [4.69, 9.17) is 9.47 Å². The Hall–Kier alpha value is -2.23. The molecular weight excluding hydrogens is 252 g/mol. The van der Waals surface area contributed by atoms with Crippen LogP contribution in [0.15, 0.2) is 42.6 Å². The van der Waals surface area contributed by atoms with Crippen molar-refractivity contribution in [3.05, 3.63) is 48.2 Å². The van der Waals surface area contributed by atoms with E-state index in [1.165, 1.54) is 5.56 Å². The summed E-state index contributed by atoms with van der Waals surface area (Å²) >= 11 is 0. The van der Waals surface area contributed by atoms with Crippen molar-refractivity contribution in [3.8, 4) is 11.6 Å². The molecule has 4 nitrogen and oxygen atoms in total. The maximum atomic E-state index is 5.67. The third kappa shape index (κ3) is 2.69. The summed E-state index contributed by atoms with van der Waals surface area (Å²) in [7, 11) is 0. The first kappa shape index (κ1) is 12.8. The number of nitrogens with one attached hydrogen (secondary N) is 1. The Labute approximate surface area is 118 Å². The number of para-hydroxylation sites is 1. The fraction of sp³-hybridized carbons (Fsp3) is 0.312. The monoisotopic (exact) mass is 270 g/mol. The van der Waals surface area contributed by atoms with Crippen LogP contribution in [-0.2, 0) is 0 Å². The van der Waals surface area contributed by atoms with E-state index in [-0.39, 0.29) is 6.04 Å². The molecule has 0 spiro atoms. The zero-order valence-corrected chi connectivity index (χ0v) is 11.5. The van der Waals surface area contributed by atoms with Crippen LogP contribution in [-0.4, -0.2) is 18.2 Å². The number of hydrogen-bond acceptors (Lipinski definition) is 4. The number of nitrogens with zero attached hydrogens (tertiary/aromatic N) is 1. The third-order valence-electron chi connectivity index (χ3n) is 3.33. The van der Waals surface area contributed by atoms with Crippen molar-refractivity contribution in [2.24, 2.45) is 0 Å². The first-order valence-electron chi connectivity index (χ1n) is 6.94. The van der Waals surface area contributed by atoms with E-state index in [1.54, 1.807) is 0 Å². The van der Waals surface area contributed by atoms with Gasteiger partial charge in [0, 0.05) is 18.1 Å². The molecule has 1 aliphatic heterocycles. The quantitative estimate of drug-likeness (QED) is 0.924. The van der Waals surface area contributed by atoms with E-state index in [2.05, 4.69) is 16.4 Å². The summed E-state index contributed by atoms with van der Waals surface area (Å²) in [6.45, 7) is 3.32. The summed E-state index contributed by atoms with van der Waals surface area (Å²) in [5.74, 6) is 1.63. The number of hydrogen-bond donors (Lipinski definition) is 1. The third-order valence-corrected chi connectivity index (χ3v) is 3.33. The van der Waals surface area contributed by atoms with Gasteiger partial charge in [-0.2, -0.15) is 0 Å². The lowest BCUT2D eigenvalue weighted by atomic mass is 10.0. The van der Waals surface area contributed by atoms with Crippen molar-refractivity contribution >= 4 is 5.69 Å². The van der Waals surface area contributed by atoms with E-state index < -0.39 is 0 Å². The Morgan fingerprint density at radius 3 is 3.00 bits per heavy atom. The molecule has 2 heterocycles. The Morgan fingerprint density at radius 2 is 2.20 bits per heavy atom. The predicted octanol–water partition coefficient (Wildman–Crippen LogP) is 3.42. The molecule has 0 fully saturated rings. The summed E-state index contributed by atoms with van der Waals surface area (Å²) < 4.78 is 11.0. The molecule has 0 saturated carbocycles. The Morgan fingerprint density at radius 1 is 1.30 bits per heavy atom. The molecule has 1 N–H and O–H groups in total. The highest BCUT2D eigenvalue weighted by molar-refractivity contribution is 5.48. The highest BCUT2D eigenvalue weighted by atomic mass is 16.5. The summed E-state index contributed by atoms with van der Waals surface area (Å²) in [5.41, 5.74) is 2.20. The van der Waals surface area contributed by atoms with E-state index in [0.29, 0.717) is 12.5 Å².